The van der Waals surface area contributed by atoms with Crippen LogP contribution in [0.15, 0.2) is 67.0 Å². The average molecular weight is 376 g/mol. The zero-order chi connectivity index (χ0) is 19.2. The first-order valence-corrected chi connectivity index (χ1v) is 9.55. The van der Waals surface area contributed by atoms with Crippen LogP contribution < -0.4 is 5.32 Å². The van der Waals surface area contributed by atoms with Crippen LogP contribution in [0, 0.1) is 0 Å². The molecule has 0 radical (unpaired) electrons. The monoisotopic (exact) mass is 376 g/mol. The summed E-state index contributed by atoms with van der Waals surface area (Å²) < 4.78 is 7.19. The smallest absolute Gasteiger partial charge is 0.251 e. The molecule has 6 heteroatoms. The van der Waals surface area contributed by atoms with Crippen molar-refractivity contribution in [1.82, 2.24) is 20.0 Å². The number of amides is 1. The maximum atomic E-state index is 12.6. The molecule has 28 heavy (non-hydrogen) atoms. The van der Waals surface area contributed by atoms with Crippen molar-refractivity contribution in [3.8, 4) is 5.69 Å². The van der Waals surface area contributed by atoms with Crippen molar-refractivity contribution in [2.24, 2.45) is 0 Å². The largest absolute Gasteiger partial charge is 0.379 e. The van der Waals surface area contributed by atoms with Gasteiger partial charge in [-0.3, -0.25) is 9.69 Å². The van der Waals surface area contributed by atoms with Crippen LogP contribution in [0.2, 0.25) is 0 Å². The molecule has 6 nitrogen and oxygen atoms in total. The Kier molecular flexibility index (Phi) is 5.80. The van der Waals surface area contributed by atoms with Crippen LogP contribution in [0.4, 0.5) is 0 Å². The van der Waals surface area contributed by atoms with Gasteiger partial charge in [0.15, 0.2) is 0 Å². The highest BCUT2D eigenvalue weighted by atomic mass is 16.5. The first-order valence-electron chi connectivity index (χ1n) is 9.55. The van der Waals surface area contributed by atoms with Crippen molar-refractivity contribution in [2.75, 3.05) is 26.3 Å². The molecule has 0 unspecified atom stereocenters. The van der Waals surface area contributed by atoms with Gasteiger partial charge in [-0.25, -0.2) is 4.68 Å². The summed E-state index contributed by atoms with van der Waals surface area (Å²) in [5.74, 6) is -0.0757. The highest BCUT2D eigenvalue weighted by Crippen LogP contribution is 2.14. The molecule has 1 fully saturated rings. The molecule has 0 saturated carbocycles. The summed E-state index contributed by atoms with van der Waals surface area (Å²) in [6.45, 7) is 4.86. The fourth-order valence-corrected chi connectivity index (χ4v) is 3.35. The Morgan fingerprint density at radius 1 is 1.00 bits per heavy atom. The Labute approximate surface area is 164 Å². The molecular formula is C22H24N4O2. The molecule has 144 valence electrons. The summed E-state index contributed by atoms with van der Waals surface area (Å²) in [6, 6.07) is 17.6. The highest BCUT2D eigenvalue weighted by Gasteiger charge is 2.13. The van der Waals surface area contributed by atoms with Gasteiger partial charge in [0.1, 0.15) is 0 Å². The molecule has 1 aromatic heterocycles. The summed E-state index contributed by atoms with van der Waals surface area (Å²) in [6.07, 6.45) is 3.61. The van der Waals surface area contributed by atoms with Crippen LogP contribution >= 0.6 is 0 Å². The zero-order valence-corrected chi connectivity index (χ0v) is 15.8. The number of morpholine rings is 1. The molecule has 0 spiro atoms. The summed E-state index contributed by atoms with van der Waals surface area (Å²) >= 11 is 0. The molecule has 1 N–H and O–H groups in total. The Bertz CT molecular complexity index is 901. The second-order valence-corrected chi connectivity index (χ2v) is 6.84. The van der Waals surface area contributed by atoms with Crippen LogP contribution in [-0.2, 0) is 17.8 Å². The van der Waals surface area contributed by atoms with Gasteiger partial charge >= 0.3 is 0 Å². The van der Waals surface area contributed by atoms with E-state index >= 15 is 0 Å². The molecule has 1 aliphatic heterocycles. The number of hydrogen-bond acceptors (Lipinski definition) is 4. The van der Waals surface area contributed by atoms with Crippen molar-refractivity contribution in [3.05, 3.63) is 83.7 Å². The molecule has 3 aromatic rings. The van der Waals surface area contributed by atoms with E-state index in [2.05, 4.69) is 33.5 Å². The van der Waals surface area contributed by atoms with Crippen molar-refractivity contribution < 1.29 is 9.53 Å². The maximum absolute atomic E-state index is 12.6. The second-order valence-electron chi connectivity index (χ2n) is 6.84. The molecule has 0 bridgehead atoms. The third-order valence-electron chi connectivity index (χ3n) is 4.95. The fraction of sp³-hybridized carbons (Fsp3) is 0.273. The van der Waals surface area contributed by atoms with E-state index in [-0.39, 0.29) is 5.91 Å². The first-order chi connectivity index (χ1) is 13.8. The van der Waals surface area contributed by atoms with Crippen molar-refractivity contribution >= 4 is 5.91 Å². The molecule has 0 aliphatic carbocycles. The minimum atomic E-state index is -0.0757. The summed E-state index contributed by atoms with van der Waals surface area (Å²) in [4.78, 5) is 14.9. The normalized spacial score (nSPS) is 14.7. The number of rotatable bonds is 6. The molecule has 1 saturated heterocycles. The van der Waals surface area contributed by atoms with Gasteiger partial charge in [-0.1, -0.05) is 24.3 Å². The Hall–Kier alpha value is -2.96. The van der Waals surface area contributed by atoms with Crippen LogP contribution in [0.1, 0.15) is 21.5 Å². The molecule has 2 heterocycles. The third-order valence-corrected chi connectivity index (χ3v) is 4.95. The van der Waals surface area contributed by atoms with E-state index in [1.165, 1.54) is 5.56 Å². The lowest BCUT2D eigenvalue weighted by Gasteiger charge is -2.27. The molecular weight excluding hydrogens is 352 g/mol. The number of ether oxygens (including phenoxy) is 1. The van der Waals surface area contributed by atoms with Gasteiger partial charge in [-0.15, -0.1) is 0 Å². The Morgan fingerprint density at radius 3 is 2.46 bits per heavy atom. The van der Waals surface area contributed by atoms with Crippen molar-refractivity contribution in [1.29, 1.82) is 0 Å². The maximum Gasteiger partial charge on any atom is 0.251 e. The highest BCUT2D eigenvalue weighted by molar-refractivity contribution is 5.94. The topological polar surface area (TPSA) is 59.4 Å². The van der Waals surface area contributed by atoms with Crippen molar-refractivity contribution in [2.45, 2.75) is 13.1 Å². The minimum absolute atomic E-state index is 0.0757. The van der Waals surface area contributed by atoms with Gasteiger partial charge in [0.05, 0.1) is 18.9 Å². The average Bonchev–Trinajstić information content (AvgIpc) is 3.29. The lowest BCUT2D eigenvalue weighted by Crippen LogP contribution is -2.36. The first kappa shape index (κ1) is 18.4. The van der Waals surface area contributed by atoms with E-state index in [0.29, 0.717) is 12.1 Å². The van der Waals surface area contributed by atoms with E-state index in [1.807, 2.05) is 42.6 Å². The summed E-state index contributed by atoms with van der Waals surface area (Å²) in [5, 5.41) is 7.24. The van der Waals surface area contributed by atoms with Crippen LogP contribution in [0.25, 0.3) is 5.69 Å². The van der Waals surface area contributed by atoms with Gasteiger partial charge in [-0.2, -0.15) is 5.10 Å². The van der Waals surface area contributed by atoms with Gasteiger partial charge in [0, 0.05) is 44.1 Å². The molecule has 2 aromatic carbocycles. The van der Waals surface area contributed by atoms with E-state index in [4.69, 9.17) is 4.74 Å². The SMILES string of the molecule is O=C(NCc1ccccc1CN1CCOCC1)c1ccc(-n2cccn2)cc1. The number of hydrogen-bond donors (Lipinski definition) is 1. The standard InChI is InChI=1S/C22H24N4O2/c27-22(18-6-8-21(9-7-18)26-11-3-10-24-26)23-16-19-4-1-2-5-20(19)17-25-12-14-28-15-13-25/h1-11H,12-17H2,(H,23,27). The van der Waals surface area contributed by atoms with Crippen molar-refractivity contribution in [3.63, 3.8) is 0 Å². The number of aromatic nitrogens is 2. The fourth-order valence-electron chi connectivity index (χ4n) is 3.35. The van der Waals surface area contributed by atoms with Crippen LogP contribution in [0.3, 0.4) is 0 Å². The predicted molar refractivity (Wildman–Crippen MR) is 107 cm³/mol. The van der Waals surface area contributed by atoms with Gasteiger partial charge < -0.3 is 10.1 Å². The molecule has 1 aliphatic rings. The number of nitrogens with zero attached hydrogens (tertiary/aromatic N) is 3. The predicted octanol–water partition coefficient (Wildman–Crippen LogP) is 2.63. The number of benzene rings is 2. The second kappa shape index (κ2) is 8.82. The van der Waals surface area contributed by atoms with Crippen LogP contribution in [0.5, 0.6) is 0 Å². The lowest BCUT2D eigenvalue weighted by molar-refractivity contribution is 0.0340. The lowest BCUT2D eigenvalue weighted by atomic mass is 10.1. The Morgan fingerprint density at radius 2 is 1.75 bits per heavy atom. The van der Waals surface area contributed by atoms with E-state index in [0.717, 1.165) is 44.1 Å². The molecule has 1 amide bonds. The number of carbonyl (C=O) groups is 1. The van der Waals surface area contributed by atoms with E-state index in [9.17, 15) is 4.79 Å². The number of nitrogens with one attached hydrogen (secondary N) is 1. The molecule has 0 atom stereocenters. The minimum Gasteiger partial charge on any atom is -0.379 e. The number of carbonyl (C=O) groups excluding carboxylic acids is 1. The zero-order valence-electron chi connectivity index (χ0n) is 15.8. The molecule has 4 rings (SSSR count). The van der Waals surface area contributed by atoms with Gasteiger partial charge in [-0.05, 0) is 41.5 Å². The van der Waals surface area contributed by atoms with Gasteiger partial charge in [0.2, 0.25) is 0 Å². The van der Waals surface area contributed by atoms with E-state index < -0.39 is 0 Å². The third kappa shape index (κ3) is 4.47. The van der Waals surface area contributed by atoms with E-state index in [1.54, 1.807) is 10.9 Å². The van der Waals surface area contributed by atoms with Crippen LogP contribution in [-0.4, -0.2) is 46.9 Å². The summed E-state index contributed by atoms with van der Waals surface area (Å²) in [5.41, 5.74) is 3.97. The van der Waals surface area contributed by atoms with Gasteiger partial charge in [0.25, 0.3) is 5.91 Å². The summed E-state index contributed by atoms with van der Waals surface area (Å²) in [7, 11) is 0. The Balaban J connectivity index is 1.38. The quantitative estimate of drug-likeness (QED) is 0.719.